The molecule has 1 aromatic heterocycles. The highest BCUT2D eigenvalue weighted by molar-refractivity contribution is 5.76. The first-order valence-electron chi connectivity index (χ1n) is 8.90. The summed E-state index contributed by atoms with van der Waals surface area (Å²) in [5.41, 5.74) is 1.11. The van der Waals surface area contributed by atoms with E-state index in [0.29, 0.717) is 25.5 Å². The molecule has 0 bridgehead atoms. The third-order valence-electron chi connectivity index (χ3n) is 4.57. The normalized spacial score (nSPS) is 17.5. The van der Waals surface area contributed by atoms with E-state index in [-0.39, 0.29) is 11.8 Å². The van der Waals surface area contributed by atoms with Crippen molar-refractivity contribution >= 4 is 5.91 Å². The molecule has 1 aliphatic rings. The molecule has 1 aliphatic heterocycles. The molecule has 25 heavy (non-hydrogen) atoms. The zero-order valence-corrected chi connectivity index (χ0v) is 14.9. The number of hydrogen-bond acceptors (Lipinski definition) is 5. The van der Waals surface area contributed by atoms with Gasteiger partial charge in [0, 0.05) is 32.4 Å². The first kappa shape index (κ1) is 17.5. The second-order valence-electron chi connectivity index (χ2n) is 6.57. The van der Waals surface area contributed by atoms with Gasteiger partial charge < -0.3 is 14.2 Å². The molecule has 1 aromatic carbocycles. The van der Waals surface area contributed by atoms with Gasteiger partial charge in [0.1, 0.15) is 5.75 Å². The lowest BCUT2D eigenvalue weighted by Crippen LogP contribution is -2.39. The first-order valence-corrected chi connectivity index (χ1v) is 8.90. The van der Waals surface area contributed by atoms with E-state index < -0.39 is 0 Å². The largest absolute Gasteiger partial charge is 0.493 e. The fourth-order valence-electron chi connectivity index (χ4n) is 3.18. The third kappa shape index (κ3) is 4.59. The molecule has 1 amide bonds. The molecule has 0 radical (unpaired) electrons. The van der Waals surface area contributed by atoms with Gasteiger partial charge in [-0.1, -0.05) is 23.4 Å². The average Bonchev–Trinajstić information content (AvgIpc) is 3.06. The van der Waals surface area contributed by atoms with Gasteiger partial charge in [0.05, 0.1) is 6.61 Å². The minimum Gasteiger partial charge on any atom is -0.493 e. The minimum absolute atomic E-state index is 0.179. The quantitative estimate of drug-likeness (QED) is 0.753. The number of nitrogens with zero attached hydrogens (tertiary/aromatic N) is 3. The van der Waals surface area contributed by atoms with Crippen LogP contribution < -0.4 is 4.74 Å². The fourth-order valence-corrected chi connectivity index (χ4v) is 3.18. The van der Waals surface area contributed by atoms with Crippen LogP contribution in [0.5, 0.6) is 5.75 Å². The zero-order valence-electron chi connectivity index (χ0n) is 14.9. The number of carbonyl (C=O) groups excluding carboxylic acids is 1. The van der Waals surface area contributed by atoms with Crippen LogP contribution in [0.1, 0.15) is 48.9 Å². The summed E-state index contributed by atoms with van der Waals surface area (Å²) in [6.07, 6.45) is 3.20. The standard InChI is InChI=1S/C19H25N3O3/c1-14-7-3-4-9-17(14)24-12-6-10-18(23)22-11-5-8-16(13-22)19-20-15(2)25-21-19/h3-4,7,9,16H,5-6,8,10-13H2,1-2H3/t16-/m0/s1. The molecular weight excluding hydrogens is 318 g/mol. The van der Waals surface area contributed by atoms with Gasteiger partial charge in [0.2, 0.25) is 11.8 Å². The summed E-state index contributed by atoms with van der Waals surface area (Å²) in [6.45, 7) is 5.85. The number of amides is 1. The van der Waals surface area contributed by atoms with Crippen LogP contribution in [0.3, 0.4) is 0 Å². The number of likely N-dealkylation sites (tertiary alicyclic amines) is 1. The second kappa shape index (κ2) is 8.14. The van der Waals surface area contributed by atoms with Gasteiger partial charge in [-0.15, -0.1) is 0 Å². The Morgan fingerprint density at radius 3 is 2.96 bits per heavy atom. The predicted octanol–water partition coefficient (Wildman–Crippen LogP) is 3.25. The maximum atomic E-state index is 12.5. The Balaban J connectivity index is 1.44. The van der Waals surface area contributed by atoms with Crippen LogP contribution in [0, 0.1) is 13.8 Å². The smallest absolute Gasteiger partial charge is 0.223 e. The van der Waals surface area contributed by atoms with Gasteiger partial charge in [-0.2, -0.15) is 4.98 Å². The Kier molecular flexibility index (Phi) is 5.68. The topological polar surface area (TPSA) is 68.5 Å². The molecule has 134 valence electrons. The van der Waals surface area contributed by atoms with Crippen molar-refractivity contribution < 1.29 is 14.1 Å². The SMILES string of the molecule is Cc1nc([C@H]2CCCN(C(=O)CCCOc3ccccc3C)C2)no1. The van der Waals surface area contributed by atoms with E-state index in [4.69, 9.17) is 9.26 Å². The molecule has 2 heterocycles. The molecule has 3 rings (SSSR count). The third-order valence-corrected chi connectivity index (χ3v) is 4.57. The Labute approximate surface area is 148 Å². The van der Waals surface area contributed by atoms with E-state index in [9.17, 15) is 4.79 Å². The number of aryl methyl sites for hydroxylation is 2. The van der Waals surface area contributed by atoms with E-state index in [2.05, 4.69) is 10.1 Å². The summed E-state index contributed by atoms with van der Waals surface area (Å²) >= 11 is 0. The van der Waals surface area contributed by atoms with E-state index in [1.54, 1.807) is 6.92 Å². The monoisotopic (exact) mass is 343 g/mol. The molecule has 0 unspecified atom stereocenters. The average molecular weight is 343 g/mol. The lowest BCUT2D eigenvalue weighted by molar-refractivity contribution is -0.132. The van der Waals surface area contributed by atoms with Crippen molar-refractivity contribution in [2.45, 2.75) is 45.4 Å². The number of carbonyl (C=O) groups is 1. The van der Waals surface area contributed by atoms with E-state index >= 15 is 0 Å². The van der Waals surface area contributed by atoms with Crippen molar-refractivity contribution in [2.75, 3.05) is 19.7 Å². The lowest BCUT2D eigenvalue weighted by atomic mass is 9.97. The van der Waals surface area contributed by atoms with Crippen molar-refractivity contribution in [3.63, 3.8) is 0 Å². The van der Waals surface area contributed by atoms with Crippen LogP contribution >= 0.6 is 0 Å². The molecule has 1 atom stereocenters. The summed E-state index contributed by atoms with van der Waals surface area (Å²) in [5.74, 6) is 2.54. The van der Waals surface area contributed by atoms with Gasteiger partial charge in [-0.25, -0.2) is 0 Å². The zero-order chi connectivity index (χ0) is 17.6. The highest BCUT2D eigenvalue weighted by Crippen LogP contribution is 2.25. The summed E-state index contributed by atoms with van der Waals surface area (Å²) < 4.78 is 10.8. The molecule has 2 aromatic rings. The van der Waals surface area contributed by atoms with Gasteiger partial charge in [0.15, 0.2) is 5.82 Å². The van der Waals surface area contributed by atoms with E-state index in [1.807, 2.05) is 36.1 Å². The molecule has 6 nitrogen and oxygen atoms in total. The van der Waals surface area contributed by atoms with Crippen LogP contribution in [0.15, 0.2) is 28.8 Å². The van der Waals surface area contributed by atoms with Crippen molar-refractivity contribution in [3.8, 4) is 5.75 Å². The summed E-state index contributed by atoms with van der Waals surface area (Å²) in [7, 11) is 0. The van der Waals surface area contributed by atoms with E-state index in [1.165, 1.54) is 0 Å². The number of piperidine rings is 1. The molecule has 0 spiro atoms. The number of ether oxygens (including phenoxy) is 1. The Bertz CT molecular complexity index is 713. The predicted molar refractivity (Wildman–Crippen MR) is 93.5 cm³/mol. The molecule has 0 aliphatic carbocycles. The second-order valence-corrected chi connectivity index (χ2v) is 6.57. The maximum absolute atomic E-state index is 12.5. The highest BCUT2D eigenvalue weighted by Gasteiger charge is 2.27. The van der Waals surface area contributed by atoms with Crippen LogP contribution in [-0.2, 0) is 4.79 Å². The summed E-state index contributed by atoms with van der Waals surface area (Å²) in [5, 5.41) is 4.01. The van der Waals surface area contributed by atoms with E-state index in [0.717, 1.165) is 42.9 Å². The Hall–Kier alpha value is -2.37. The van der Waals surface area contributed by atoms with Crippen molar-refractivity contribution in [3.05, 3.63) is 41.5 Å². The molecular formula is C19H25N3O3. The minimum atomic E-state index is 0.179. The van der Waals surface area contributed by atoms with Gasteiger partial charge in [-0.3, -0.25) is 4.79 Å². The van der Waals surface area contributed by atoms with Crippen molar-refractivity contribution in [1.82, 2.24) is 15.0 Å². The first-order chi connectivity index (χ1) is 12.1. The van der Waals surface area contributed by atoms with Crippen molar-refractivity contribution in [1.29, 1.82) is 0 Å². The van der Waals surface area contributed by atoms with Gasteiger partial charge in [0.25, 0.3) is 0 Å². The number of hydrogen-bond donors (Lipinski definition) is 0. The van der Waals surface area contributed by atoms with Gasteiger partial charge >= 0.3 is 0 Å². The van der Waals surface area contributed by atoms with Crippen LogP contribution in [0.2, 0.25) is 0 Å². The summed E-state index contributed by atoms with van der Waals surface area (Å²) in [6, 6.07) is 7.93. The highest BCUT2D eigenvalue weighted by atomic mass is 16.5. The summed E-state index contributed by atoms with van der Waals surface area (Å²) in [4.78, 5) is 18.7. The molecule has 0 N–H and O–H groups in total. The number of benzene rings is 1. The van der Waals surface area contributed by atoms with Crippen LogP contribution in [0.25, 0.3) is 0 Å². The number of rotatable bonds is 6. The molecule has 1 fully saturated rings. The number of aromatic nitrogens is 2. The van der Waals surface area contributed by atoms with Crippen LogP contribution in [0.4, 0.5) is 0 Å². The molecule has 1 saturated heterocycles. The Morgan fingerprint density at radius 2 is 2.20 bits per heavy atom. The molecule has 6 heteroatoms. The molecule has 0 saturated carbocycles. The van der Waals surface area contributed by atoms with Crippen LogP contribution in [-0.4, -0.2) is 40.6 Å². The fraction of sp³-hybridized carbons (Fsp3) is 0.526. The van der Waals surface area contributed by atoms with Gasteiger partial charge in [-0.05, 0) is 37.8 Å². The number of para-hydroxylation sites is 1. The Morgan fingerprint density at radius 1 is 1.36 bits per heavy atom. The van der Waals surface area contributed by atoms with Crippen molar-refractivity contribution in [2.24, 2.45) is 0 Å². The maximum Gasteiger partial charge on any atom is 0.223 e. The lowest BCUT2D eigenvalue weighted by Gasteiger charge is -2.31.